The third-order valence-corrected chi connectivity index (χ3v) is 4.03. The van der Waals surface area contributed by atoms with E-state index in [1.165, 1.54) is 0 Å². The Hall–Kier alpha value is -0.320. The molecule has 2 N–H and O–H groups in total. The van der Waals surface area contributed by atoms with Crippen LogP contribution in [0.2, 0.25) is 0 Å². The molecule has 0 radical (unpaired) electrons. The molecule has 8 nitrogen and oxygen atoms in total. The average molecular weight is 350 g/mol. The molecular weight excluding hydrogens is 320 g/mol. The van der Waals surface area contributed by atoms with Gasteiger partial charge in [-0.05, 0) is 6.42 Å². The van der Waals surface area contributed by atoms with E-state index in [9.17, 15) is 10.2 Å². The molecule has 2 aliphatic rings. The number of aliphatic hydroxyl groups is 2. The van der Waals surface area contributed by atoms with Crippen LogP contribution in [-0.4, -0.2) is 93.8 Å². The van der Waals surface area contributed by atoms with Gasteiger partial charge in [-0.1, -0.05) is 6.92 Å². The minimum absolute atomic E-state index is 0.163. The Bertz CT molecular complexity index is 342. The van der Waals surface area contributed by atoms with Gasteiger partial charge in [0.1, 0.15) is 11.7 Å². The van der Waals surface area contributed by atoms with Crippen LogP contribution < -0.4 is 0 Å². The fourth-order valence-corrected chi connectivity index (χ4v) is 2.72. The summed E-state index contributed by atoms with van der Waals surface area (Å²) in [6.07, 6.45) is -1.000. The van der Waals surface area contributed by atoms with Gasteiger partial charge in [-0.3, -0.25) is 0 Å². The normalized spacial score (nSPS) is 32.4. The highest BCUT2D eigenvalue weighted by Gasteiger charge is 2.54. The van der Waals surface area contributed by atoms with E-state index in [0.717, 1.165) is 13.0 Å². The van der Waals surface area contributed by atoms with Gasteiger partial charge in [-0.2, -0.15) is 0 Å². The maximum absolute atomic E-state index is 10.1. The lowest BCUT2D eigenvalue weighted by molar-refractivity contribution is -0.225. The molecule has 0 aromatic carbocycles. The largest absolute Gasteiger partial charge is 0.390 e. The summed E-state index contributed by atoms with van der Waals surface area (Å²) in [7, 11) is 0. The highest BCUT2D eigenvalue weighted by Crippen LogP contribution is 2.36. The average Bonchev–Trinajstić information content (AvgIpc) is 2.94. The van der Waals surface area contributed by atoms with Gasteiger partial charge in [-0.25, -0.2) is 0 Å². The third-order valence-electron chi connectivity index (χ3n) is 4.03. The zero-order valence-corrected chi connectivity index (χ0v) is 14.4. The smallest absolute Gasteiger partial charge is 0.161 e. The van der Waals surface area contributed by atoms with Crippen molar-refractivity contribution in [1.29, 1.82) is 0 Å². The van der Waals surface area contributed by atoms with Crippen molar-refractivity contribution < 1.29 is 38.6 Å². The molecule has 4 atom stereocenters. The summed E-state index contributed by atoms with van der Waals surface area (Å²) in [5.74, 6) is 0. The molecule has 0 unspecified atom stereocenters. The van der Waals surface area contributed by atoms with Crippen LogP contribution in [0.3, 0.4) is 0 Å². The fourth-order valence-electron chi connectivity index (χ4n) is 2.72. The molecule has 24 heavy (non-hydrogen) atoms. The minimum atomic E-state index is -1.000. The summed E-state index contributed by atoms with van der Waals surface area (Å²) in [4.78, 5) is 0. The zero-order chi connectivity index (χ0) is 17.3. The van der Waals surface area contributed by atoms with E-state index in [4.69, 9.17) is 28.4 Å². The van der Waals surface area contributed by atoms with Gasteiger partial charge in [-0.15, -0.1) is 0 Å². The Labute approximate surface area is 142 Å². The molecule has 0 spiro atoms. The molecule has 142 valence electrons. The second kappa shape index (κ2) is 10.6. The molecule has 2 rings (SSSR count). The molecule has 2 aliphatic heterocycles. The van der Waals surface area contributed by atoms with E-state index in [2.05, 4.69) is 6.92 Å². The van der Waals surface area contributed by atoms with Crippen molar-refractivity contribution >= 4 is 0 Å². The number of rotatable bonds is 13. The van der Waals surface area contributed by atoms with Gasteiger partial charge >= 0.3 is 0 Å². The van der Waals surface area contributed by atoms with Crippen LogP contribution in [0.1, 0.15) is 19.8 Å². The van der Waals surface area contributed by atoms with Crippen LogP contribution in [0.25, 0.3) is 0 Å². The van der Waals surface area contributed by atoms with Crippen molar-refractivity contribution in [2.75, 3.05) is 59.5 Å². The lowest BCUT2D eigenvalue weighted by Gasteiger charge is -2.38. The number of hydrogen-bond donors (Lipinski definition) is 2. The standard InChI is InChI=1S/C16H30O8/c1-2-3-19-4-5-20-6-7-21-8-9-22-11-16-12-23-14(24-16)10-13(17)15(16)18/h13-15,17-18H,2-12H2,1H3/t13-,14+,15-,16+/m1/s1. The van der Waals surface area contributed by atoms with Crippen LogP contribution >= 0.6 is 0 Å². The summed E-state index contributed by atoms with van der Waals surface area (Å²) in [6.45, 7) is 6.21. The number of hydrogen-bond acceptors (Lipinski definition) is 8. The Morgan fingerprint density at radius 3 is 2.12 bits per heavy atom. The molecule has 2 bridgehead atoms. The molecule has 0 amide bonds. The van der Waals surface area contributed by atoms with Gasteiger partial charge in [0.2, 0.25) is 0 Å². The second-order valence-electron chi connectivity index (χ2n) is 6.06. The number of aliphatic hydroxyl groups excluding tert-OH is 2. The van der Waals surface area contributed by atoms with Crippen molar-refractivity contribution in [2.24, 2.45) is 0 Å². The Morgan fingerprint density at radius 1 is 0.917 bits per heavy atom. The first-order valence-corrected chi connectivity index (χ1v) is 8.64. The van der Waals surface area contributed by atoms with Gasteiger partial charge < -0.3 is 38.6 Å². The van der Waals surface area contributed by atoms with Gasteiger partial charge in [0.15, 0.2) is 6.29 Å². The zero-order valence-electron chi connectivity index (χ0n) is 14.4. The van der Waals surface area contributed by atoms with Gasteiger partial charge in [0.25, 0.3) is 0 Å². The van der Waals surface area contributed by atoms with Crippen LogP contribution in [0.4, 0.5) is 0 Å². The highest BCUT2D eigenvalue weighted by molar-refractivity contribution is 5.00. The van der Waals surface area contributed by atoms with Gasteiger partial charge in [0.05, 0.1) is 59.0 Å². The summed E-state index contributed by atoms with van der Waals surface area (Å²) in [6, 6.07) is 0. The van der Waals surface area contributed by atoms with E-state index < -0.39 is 24.1 Å². The number of fused-ring (bicyclic) bond motifs is 2. The Balaban J connectivity index is 1.44. The molecule has 0 aliphatic carbocycles. The predicted molar refractivity (Wildman–Crippen MR) is 83.8 cm³/mol. The van der Waals surface area contributed by atoms with Crippen LogP contribution in [0.5, 0.6) is 0 Å². The first-order valence-electron chi connectivity index (χ1n) is 8.64. The lowest BCUT2D eigenvalue weighted by Crippen LogP contribution is -2.57. The van der Waals surface area contributed by atoms with Crippen molar-refractivity contribution in [1.82, 2.24) is 0 Å². The molecule has 8 heteroatoms. The lowest BCUT2D eigenvalue weighted by atomic mass is 9.91. The van der Waals surface area contributed by atoms with Crippen LogP contribution in [0, 0.1) is 0 Å². The summed E-state index contributed by atoms with van der Waals surface area (Å²) in [5, 5.41) is 19.9. The molecule has 0 saturated carbocycles. The summed E-state index contributed by atoms with van der Waals surface area (Å²) in [5.41, 5.74) is -0.968. The predicted octanol–water partition coefficient (Wildman–Crippen LogP) is -0.300. The van der Waals surface area contributed by atoms with Crippen molar-refractivity contribution in [3.63, 3.8) is 0 Å². The summed E-state index contributed by atoms with van der Waals surface area (Å²) >= 11 is 0. The first-order chi connectivity index (χ1) is 11.7. The number of ether oxygens (including phenoxy) is 6. The SMILES string of the molecule is CCCOCCOCCOCCOC[C@]12CO[C@H](C[C@@H](O)[C@H]1O)O2. The van der Waals surface area contributed by atoms with Crippen molar-refractivity contribution in [3.8, 4) is 0 Å². The quantitative estimate of drug-likeness (QED) is 0.437. The Morgan fingerprint density at radius 2 is 1.50 bits per heavy atom. The van der Waals surface area contributed by atoms with E-state index in [1.54, 1.807) is 0 Å². The van der Waals surface area contributed by atoms with E-state index in [-0.39, 0.29) is 19.6 Å². The van der Waals surface area contributed by atoms with Gasteiger partial charge in [0, 0.05) is 13.0 Å². The third kappa shape index (κ3) is 5.89. The van der Waals surface area contributed by atoms with E-state index in [1.807, 2.05) is 0 Å². The molecule has 2 heterocycles. The second-order valence-corrected chi connectivity index (χ2v) is 6.06. The molecule has 0 aromatic heterocycles. The molecular formula is C16H30O8. The molecule has 2 saturated heterocycles. The van der Waals surface area contributed by atoms with E-state index in [0.29, 0.717) is 39.6 Å². The first kappa shape index (κ1) is 20.0. The van der Waals surface area contributed by atoms with E-state index >= 15 is 0 Å². The fraction of sp³-hybridized carbons (Fsp3) is 1.00. The monoisotopic (exact) mass is 350 g/mol. The van der Waals surface area contributed by atoms with Crippen molar-refractivity contribution in [2.45, 2.75) is 43.9 Å². The molecule has 0 aromatic rings. The summed E-state index contributed by atoms with van der Waals surface area (Å²) < 4.78 is 32.6. The topological polar surface area (TPSA) is 95.8 Å². The van der Waals surface area contributed by atoms with Crippen LogP contribution in [0.15, 0.2) is 0 Å². The maximum Gasteiger partial charge on any atom is 0.161 e. The molecule has 2 fully saturated rings. The Kier molecular flexibility index (Phi) is 8.85. The highest BCUT2D eigenvalue weighted by atomic mass is 16.7. The van der Waals surface area contributed by atoms with Crippen molar-refractivity contribution in [3.05, 3.63) is 0 Å². The maximum atomic E-state index is 10.1. The van der Waals surface area contributed by atoms with Crippen LogP contribution in [-0.2, 0) is 28.4 Å². The minimum Gasteiger partial charge on any atom is -0.390 e.